The normalized spacial score (nSPS) is 30.7. The number of piperazine rings is 1. The van der Waals surface area contributed by atoms with Gasteiger partial charge in [0.1, 0.15) is 0 Å². The Balaban J connectivity index is 1.64. The summed E-state index contributed by atoms with van der Waals surface area (Å²) in [7, 11) is 0. The first-order valence-corrected chi connectivity index (χ1v) is 9.53. The van der Waals surface area contributed by atoms with Gasteiger partial charge in [-0.05, 0) is 49.4 Å². The van der Waals surface area contributed by atoms with E-state index < -0.39 is 0 Å². The summed E-state index contributed by atoms with van der Waals surface area (Å²) < 4.78 is 0. The largest absolute Gasteiger partial charge is 0.301 e. The highest BCUT2D eigenvalue weighted by Gasteiger charge is 2.26. The van der Waals surface area contributed by atoms with Crippen molar-refractivity contribution in [3.05, 3.63) is 0 Å². The molecule has 0 aromatic carbocycles. The molecule has 1 saturated heterocycles. The molecule has 21 heavy (non-hydrogen) atoms. The lowest BCUT2D eigenvalue weighted by Crippen LogP contribution is -2.48. The maximum Gasteiger partial charge on any atom is 0.0110 e. The summed E-state index contributed by atoms with van der Waals surface area (Å²) >= 11 is 0. The van der Waals surface area contributed by atoms with Gasteiger partial charge in [0.2, 0.25) is 0 Å². The zero-order valence-electron chi connectivity index (χ0n) is 15.0. The van der Waals surface area contributed by atoms with Crippen LogP contribution in [-0.2, 0) is 0 Å². The van der Waals surface area contributed by atoms with E-state index in [4.69, 9.17) is 0 Å². The summed E-state index contributed by atoms with van der Waals surface area (Å²) in [6.45, 7) is 17.3. The van der Waals surface area contributed by atoms with Crippen LogP contribution in [0.4, 0.5) is 0 Å². The quantitative estimate of drug-likeness (QED) is 0.727. The molecule has 1 aliphatic carbocycles. The van der Waals surface area contributed by atoms with E-state index in [1.165, 1.54) is 71.4 Å². The third kappa shape index (κ3) is 5.56. The first-order valence-electron chi connectivity index (χ1n) is 9.53. The van der Waals surface area contributed by atoms with Crippen LogP contribution in [0.5, 0.6) is 0 Å². The van der Waals surface area contributed by atoms with Crippen molar-refractivity contribution in [3.63, 3.8) is 0 Å². The van der Waals surface area contributed by atoms with Gasteiger partial charge in [-0.25, -0.2) is 0 Å². The molecule has 124 valence electrons. The third-order valence-corrected chi connectivity index (χ3v) is 5.94. The molecule has 2 nitrogen and oxygen atoms in total. The van der Waals surface area contributed by atoms with Crippen LogP contribution in [0.2, 0.25) is 0 Å². The van der Waals surface area contributed by atoms with Gasteiger partial charge in [0.15, 0.2) is 0 Å². The molecule has 0 radical (unpaired) electrons. The minimum atomic E-state index is 0.812. The highest BCUT2D eigenvalue weighted by atomic mass is 15.3. The second-order valence-electron chi connectivity index (χ2n) is 8.16. The molecule has 1 aliphatic heterocycles. The lowest BCUT2D eigenvalue weighted by molar-refractivity contribution is 0.0935. The summed E-state index contributed by atoms with van der Waals surface area (Å²) in [5.41, 5.74) is 0. The molecule has 1 saturated carbocycles. The van der Waals surface area contributed by atoms with E-state index in [2.05, 4.69) is 37.5 Å². The van der Waals surface area contributed by atoms with Crippen LogP contribution in [0.25, 0.3) is 0 Å². The van der Waals surface area contributed by atoms with Crippen LogP contribution >= 0.6 is 0 Å². The third-order valence-electron chi connectivity index (χ3n) is 5.94. The average Bonchev–Trinajstić information content (AvgIpc) is 2.49. The molecule has 1 heterocycles. The van der Waals surface area contributed by atoms with Gasteiger partial charge in [-0.1, -0.05) is 34.1 Å². The first-order chi connectivity index (χ1) is 10.1. The molecule has 0 spiro atoms. The molecule has 2 aliphatic rings. The lowest BCUT2D eigenvalue weighted by Gasteiger charge is -2.39. The zero-order valence-corrected chi connectivity index (χ0v) is 15.0. The Bertz CT molecular complexity index is 273. The summed E-state index contributed by atoms with van der Waals surface area (Å²) in [4.78, 5) is 5.39. The van der Waals surface area contributed by atoms with Crippen molar-refractivity contribution >= 4 is 0 Å². The standard InChI is InChI=1S/C19H38N2/c1-5-17(4)19-8-6-18(7-9-19)15-21-12-10-20(11-13-21)14-16(2)3/h16-19H,5-15H2,1-4H3. The smallest absolute Gasteiger partial charge is 0.0110 e. The van der Waals surface area contributed by atoms with Crippen molar-refractivity contribution in [2.45, 2.75) is 59.8 Å². The Hall–Kier alpha value is -0.0800. The maximum absolute atomic E-state index is 2.74. The second-order valence-corrected chi connectivity index (χ2v) is 8.16. The lowest BCUT2D eigenvalue weighted by atomic mass is 9.75. The fourth-order valence-corrected chi connectivity index (χ4v) is 4.31. The van der Waals surface area contributed by atoms with Gasteiger partial charge in [0, 0.05) is 39.3 Å². The van der Waals surface area contributed by atoms with Gasteiger partial charge in [-0.3, -0.25) is 0 Å². The highest BCUT2D eigenvalue weighted by Crippen LogP contribution is 2.35. The summed E-state index contributed by atoms with van der Waals surface area (Å²) in [6.07, 6.45) is 7.33. The number of rotatable bonds is 6. The predicted octanol–water partition coefficient (Wildman–Crippen LogP) is 4.11. The Morgan fingerprint density at radius 3 is 1.95 bits per heavy atom. The molecule has 2 heteroatoms. The first kappa shape index (κ1) is 17.3. The molecule has 2 rings (SSSR count). The van der Waals surface area contributed by atoms with E-state index in [9.17, 15) is 0 Å². The number of hydrogen-bond donors (Lipinski definition) is 0. The Labute approximate surface area is 133 Å². The SMILES string of the molecule is CCC(C)C1CCC(CN2CCN(CC(C)C)CC2)CC1. The highest BCUT2D eigenvalue weighted by molar-refractivity contribution is 4.80. The van der Waals surface area contributed by atoms with E-state index >= 15 is 0 Å². The van der Waals surface area contributed by atoms with Crippen molar-refractivity contribution < 1.29 is 0 Å². The van der Waals surface area contributed by atoms with Gasteiger partial charge in [-0.2, -0.15) is 0 Å². The summed E-state index contributed by atoms with van der Waals surface area (Å²) in [6, 6.07) is 0. The topological polar surface area (TPSA) is 6.48 Å². The van der Waals surface area contributed by atoms with Crippen molar-refractivity contribution in [2.24, 2.45) is 23.7 Å². The van der Waals surface area contributed by atoms with Gasteiger partial charge < -0.3 is 9.80 Å². The van der Waals surface area contributed by atoms with Crippen LogP contribution < -0.4 is 0 Å². The van der Waals surface area contributed by atoms with Crippen LogP contribution in [-0.4, -0.2) is 49.1 Å². The zero-order chi connectivity index (χ0) is 15.2. The fourth-order valence-electron chi connectivity index (χ4n) is 4.31. The van der Waals surface area contributed by atoms with E-state index in [1.54, 1.807) is 0 Å². The van der Waals surface area contributed by atoms with Crippen molar-refractivity contribution in [1.82, 2.24) is 9.80 Å². The van der Waals surface area contributed by atoms with E-state index in [1.807, 2.05) is 0 Å². The molecule has 0 amide bonds. The molecule has 0 N–H and O–H groups in total. The molecule has 0 aromatic rings. The molecule has 2 fully saturated rings. The molecule has 0 bridgehead atoms. The van der Waals surface area contributed by atoms with Gasteiger partial charge in [0.25, 0.3) is 0 Å². The number of nitrogens with zero attached hydrogens (tertiary/aromatic N) is 2. The van der Waals surface area contributed by atoms with Crippen LogP contribution in [0.1, 0.15) is 59.8 Å². The van der Waals surface area contributed by atoms with Crippen molar-refractivity contribution in [1.29, 1.82) is 0 Å². The molecule has 0 aromatic heterocycles. The van der Waals surface area contributed by atoms with Gasteiger partial charge >= 0.3 is 0 Å². The molecule has 1 unspecified atom stereocenters. The average molecular weight is 295 g/mol. The minimum absolute atomic E-state index is 0.812. The van der Waals surface area contributed by atoms with Crippen molar-refractivity contribution in [2.75, 3.05) is 39.3 Å². The predicted molar refractivity (Wildman–Crippen MR) is 92.6 cm³/mol. The maximum atomic E-state index is 2.74. The second kappa shape index (κ2) is 8.53. The summed E-state index contributed by atoms with van der Waals surface area (Å²) in [5, 5.41) is 0. The van der Waals surface area contributed by atoms with Crippen LogP contribution in [0.15, 0.2) is 0 Å². The van der Waals surface area contributed by atoms with Crippen molar-refractivity contribution in [3.8, 4) is 0 Å². The minimum Gasteiger partial charge on any atom is -0.301 e. The van der Waals surface area contributed by atoms with Gasteiger partial charge in [-0.15, -0.1) is 0 Å². The molecule has 1 atom stereocenters. The molecular weight excluding hydrogens is 256 g/mol. The van der Waals surface area contributed by atoms with E-state index in [-0.39, 0.29) is 0 Å². The summed E-state index contributed by atoms with van der Waals surface area (Å²) in [5.74, 6) is 3.77. The van der Waals surface area contributed by atoms with Crippen LogP contribution in [0.3, 0.4) is 0 Å². The molecular formula is C19H38N2. The Morgan fingerprint density at radius 2 is 1.43 bits per heavy atom. The Kier molecular flexibility index (Phi) is 7.01. The van der Waals surface area contributed by atoms with Crippen LogP contribution in [0, 0.1) is 23.7 Å². The van der Waals surface area contributed by atoms with E-state index in [0.717, 1.165) is 23.7 Å². The Morgan fingerprint density at radius 1 is 0.857 bits per heavy atom. The fraction of sp³-hybridized carbons (Fsp3) is 1.00. The monoisotopic (exact) mass is 294 g/mol. The van der Waals surface area contributed by atoms with E-state index in [0.29, 0.717) is 0 Å². The van der Waals surface area contributed by atoms with Gasteiger partial charge in [0.05, 0.1) is 0 Å². The number of hydrogen-bond acceptors (Lipinski definition) is 2.